The predicted molar refractivity (Wildman–Crippen MR) is 79.6 cm³/mol. The van der Waals surface area contributed by atoms with E-state index >= 15 is 0 Å². The maximum atomic E-state index is 11.9. The molecule has 4 nitrogen and oxygen atoms in total. The van der Waals surface area contributed by atoms with Crippen LogP contribution in [0.3, 0.4) is 0 Å². The summed E-state index contributed by atoms with van der Waals surface area (Å²) >= 11 is 4.72. The molecular weight excluding hydrogens is 326 g/mol. The zero-order chi connectivity index (χ0) is 13.2. The number of benzene rings is 1. The van der Waals surface area contributed by atoms with Crippen LogP contribution in [0.2, 0.25) is 0 Å². The van der Waals surface area contributed by atoms with Crippen LogP contribution in [-0.2, 0) is 4.79 Å². The van der Waals surface area contributed by atoms with Crippen molar-refractivity contribution >= 4 is 38.5 Å². The zero-order valence-corrected chi connectivity index (χ0v) is 12.5. The average Bonchev–Trinajstić information content (AvgIpc) is 3.06. The molecule has 1 aromatic heterocycles. The molecule has 0 bridgehead atoms. The number of hydrogen-bond acceptors (Lipinski definition) is 4. The minimum absolute atomic E-state index is 0.139. The maximum Gasteiger partial charge on any atom is 0.229 e. The summed E-state index contributed by atoms with van der Waals surface area (Å²) in [6, 6.07) is 9.81. The van der Waals surface area contributed by atoms with Crippen molar-refractivity contribution < 1.29 is 4.79 Å². The first kappa shape index (κ1) is 12.7. The SMILES string of the molecule is O=C1CC(CBr)CN1c1nc(-c2ccccc2)ns1. The fourth-order valence-corrected chi connectivity index (χ4v) is 3.25. The van der Waals surface area contributed by atoms with E-state index in [1.165, 1.54) is 11.5 Å². The van der Waals surface area contributed by atoms with Gasteiger partial charge in [0.1, 0.15) is 0 Å². The molecule has 19 heavy (non-hydrogen) atoms. The van der Waals surface area contributed by atoms with Gasteiger partial charge in [0, 0.05) is 35.4 Å². The second kappa shape index (κ2) is 5.38. The van der Waals surface area contributed by atoms with Gasteiger partial charge in [0.25, 0.3) is 0 Å². The Kier molecular flexibility index (Phi) is 3.61. The standard InChI is InChI=1S/C13H12BrN3OS/c14-7-9-6-11(18)17(8-9)13-15-12(16-19-13)10-4-2-1-3-5-10/h1-5,9H,6-8H2. The van der Waals surface area contributed by atoms with E-state index in [9.17, 15) is 4.79 Å². The topological polar surface area (TPSA) is 46.1 Å². The lowest BCUT2D eigenvalue weighted by Crippen LogP contribution is -2.24. The second-order valence-electron chi connectivity index (χ2n) is 4.50. The van der Waals surface area contributed by atoms with Crippen molar-refractivity contribution in [1.82, 2.24) is 9.36 Å². The first-order valence-electron chi connectivity index (χ1n) is 6.03. The molecule has 1 unspecified atom stereocenters. The molecule has 0 N–H and O–H groups in total. The molecule has 1 atom stereocenters. The molecule has 1 aromatic carbocycles. The Labute approximate surface area is 123 Å². The van der Waals surface area contributed by atoms with Crippen LogP contribution >= 0.6 is 27.5 Å². The monoisotopic (exact) mass is 337 g/mol. The van der Waals surface area contributed by atoms with Gasteiger partial charge in [-0.1, -0.05) is 46.3 Å². The quantitative estimate of drug-likeness (QED) is 0.809. The molecule has 0 saturated carbocycles. The lowest BCUT2D eigenvalue weighted by atomic mass is 10.2. The second-order valence-corrected chi connectivity index (χ2v) is 5.87. The van der Waals surface area contributed by atoms with Crippen LogP contribution in [0.4, 0.5) is 5.13 Å². The normalized spacial score (nSPS) is 19.1. The summed E-state index contributed by atoms with van der Waals surface area (Å²) in [7, 11) is 0. The Bertz CT molecular complexity index is 587. The van der Waals surface area contributed by atoms with E-state index in [0.29, 0.717) is 23.3 Å². The van der Waals surface area contributed by atoms with Crippen LogP contribution in [0.1, 0.15) is 6.42 Å². The molecule has 1 aliphatic heterocycles. The number of nitrogens with zero attached hydrogens (tertiary/aromatic N) is 3. The van der Waals surface area contributed by atoms with Crippen LogP contribution in [-0.4, -0.2) is 27.1 Å². The number of carbonyl (C=O) groups excluding carboxylic acids is 1. The summed E-state index contributed by atoms with van der Waals surface area (Å²) in [5.41, 5.74) is 0.980. The average molecular weight is 338 g/mol. The van der Waals surface area contributed by atoms with E-state index in [2.05, 4.69) is 25.3 Å². The Morgan fingerprint density at radius 2 is 2.16 bits per heavy atom. The van der Waals surface area contributed by atoms with E-state index in [1.54, 1.807) is 4.90 Å². The Morgan fingerprint density at radius 3 is 2.84 bits per heavy atom. The van der Waals surface area contributed by atoms with Crippen LogP contribution in [0.15, 0.2) is 30.3 Å². The first-order valence-corrected chi connectivity index (χ1v) is 7.93. The summed E-state index contributed by atoms with van der Waals surface area (Å²) in [4.78, 5) is 18.2. The van der Waals surface area contributed by atoms with Crippen molar-refractivity contribution in [2.24, 2.45) is 5.92 Å². The van der Waals surface area contributed by atoms with Gasteiger partial charge in [0.15, 0.2) is 5.82 Å². The molecule has 0 radical (unpaired) electrons. The van der Waals surface area contributed by atoms with Gasteiger partial charge in [0.05, 0.1) is 0 Å². The van der Waals surface area contributed by atoms with E-state index in [-0.39, 0.29) is 5.91 Å². The third-order valence-electron chi connectivity index (χ3n) is 3.10. The van der Waals surface area contributed by atoms with Gasteiger partial charge >= 0.3 is 0 Å². The number of alkyl halides is 1. The molecule has 1 saturated heterocycles. The van der Waals surface area contributed by atoms with Gasteiger partial charge in [-0.2, -0.15) is 9.36 Å². The van der Waals surface area contributed by atoms with Crippen molar-refractivity contribution in [3.05, 3.63) is 30.3 Å². The Morgan fingerprint density at radius 1 is 1.37 bits per heavy atom. The lowest BCUT2D eigenvalue weighted by molar-refractivity contribution is -0.117. The molecule has 0 aliphatic carbocycles. The van der Waals surface area contributed by atoms with Gasteiger partial charge in [0.2, 0.25) is 11.0 Å². The van der Waals surface area contributed by atoms with Crippen LogP contribution < -0.4 is 4.90 Å². The molecule has 1 aliphatic rings. The highest BCUT2D eigenvalue weighted by atomic mass is 79.9. The number of anilines is 1. The summed E-state index contributed by atoms with van der Waals surface area (Å²) in [5, 5.41) is 1.55. The van der Waals surface area contributed by atoms with E-state index in [0.717, 1.165) is 17.4 Å². The summed E-state index contributed by atoms with van der Waals surface area (Å²) in [6.45, 7) is 0.730. The van der Waals surface area contributed by atoms with Gasteiger partial charge in [-0.15, -0.1) is 0 Å². The Hall–Kier alpha value is -1.27. The highest BCUT2D eigenvalue weighted by Gasteiger charge is 2.31. The van der Waals surface area contributed by atoms with Gasteiger partial charge in [-0.3, -0.25) is 9.69 Å². The third kappa shape index (κ3) is 2.55. The first-order chi connectivity index (χ1) is 9.28. The van der Waals surface area contributed by atoms with Crippen LogP contribution in [0.5, 0.6) is 0 Å². The molecule has 1 fully saturated rings. The van der Waals surface area contributed by atoms with Crippen molar-refractivity contribution in [2.45, 2.75) is 6.42 Å². The number of amides is 1. The third-order valence-corrected chi connectivity index (χ3v) is 4.76. The molecular formula is C13H12BrN3OS. The molecule has 0 spiro atoms. The summed E-state index contributed by atoms with van der Waals surface area (Å²) in [5.74, 6) is 1.20. The molecule has 3 rings (SSSR count). The van der Waals surface area contributed by atoms with Crippen molar-refractivity contribution in [2.75, 3.05) is 16.8 Å². The zero-order valence-electron chi connectivity index (χ0n) is 10.1. The summed E-state index contributed by atoms with van der Waals surface area (Å²) in [6.07, 6.45) is 0.589. The minimum Gasteiger partial charge on any atom is -0.287 e. The lowest BCUT2D eigenvalue weighted by Gasteiger charge is -2.10. The fourth-order valence-electron chi connectivity index (χ4n) is 2.10. The van der Waals surface area contributed by atoms with Gasteiger partial charge in [-0.05, 0) is 5.92 Å². The van der Waals surface area contributed by atoms with Crippen molar-refractivity contribution in [1.29, 1.82) is 0 Å². The van der Waals surface area contributed by atoms with Crippen LogP contribution in [0.25, 0.3) is 11.4 Å². The molecule has 98 valence electrons. The number of halogens is 1. The van der Waals surface area contributed by atoms with Crippen LogP contribution in [0, 0.1) is 5.92 Å². The number of rotatable bonds is 3. The highest BCUT2D eigenvalue weighted by Crippen LogP contribution is 2.29. The largest absolute Gasteiger partial charge is 0.287 e. The van der Waals surface area contributed by atoms with Gasteiger partial charge in [-0.25, -0.2) is 0 Å². The fraction of sp³-hybridized carbons (Fsp3) is 0.308. The number of hydrogen-bond donors (Lipinski definition) is 0. The molecule has 2 aromatic rings. The predicted octanol–water partition coefficient (Wildman–Crippen LogP) is 2.95. The molecule has 6 heteroatoms. The van der Waals surface area contributed by atoms with E-state index < -0.39 is 0 Å². The molecule has 2 heterocycles. The molecule has 1 amide bonds. The van der Waals surface area contributed by atoms with E-state index in [1.807, 2.05) is 30.3 Å². The van der Waals surface area contributed by atoms with Crippen molar-refractivity contribution in [3.63, 3.8) is 0 Å². The highest BCUT2D eigenvalue weighted by molar-refractivity contribution is 9.09. The maximum absolute atomic E-state index is 11.9. The number of carbonyl (C=O) groups is 1. The van der Waals surface area contributed by atoms with Crippen molar-refractivity contribution in [3.8, 4) is 11.4 Å². The summed E-state index contributed by atoms with van der Waals surface area (Å²) < 4.78 is 4.34. The number of aromatic nitrogens is 2. The van der Waals surface area contributed by atoms with E-state index in [4.69, 9.17) is 0 Å². The smallest absolute Gasteiger partial charge is 0.229 e. The minimum atomic E-state index is 0.139. The Balaban J connectivity index is 1.84. The van der Waals surface area contributed by atoms with Gasteiger partial charge < -0.3 is 0 Å².